The summed E-state index contributed by atoms with van der Waals surface area (Å²) in [6, 6.07) is 12.3. The molecule has 9 nitrogen and oxygen atoms in total. The van der Waals surface area contributed by atoms with Gasteiger partial charge >= 0.3 is 6.09 Å². The number of anilines is 1. The Bertz CT molecular complexity index is 1180. The van der Waals surface area contributed by atoms with E-state index in [2.05, 4.69) is 10.3 Å². The smallest absolute Gasteiger partial charge is 0.407 e. The number of pyridine rings is 1. The quantitative estimate of drug-likeness (QED) is 0.713. The molecule has 2 amide bonds. The number of nitrogens with zero attached hydrogens (tertiary/aromatic N) is 4. The van der Waals surface area contributed by atoms with Crippen molar-refractivity contribution in [1.82, 2.24) is 9.88 Å². The fourth-order valence-corrected chi connectivity index (χ4v) is 3.68. The molecule has 33 heavy (non-hydrogen) atoms. The van der Waals surface area contributed by atoms with Crippen LogP contribution < -0.4 is 10.1 Å². The Labute approximate surface area is 189 Å². The van der Waals surface area contributed by atoms with Gasteiger partial charge < -0.3 is 20.1 Å². The lowest BCUT2D eigenvalue weighted by molar-refractivity contribution is -0.119. The maximum absolute atomic E-state index is 14.4. The lowest BCUT2D eigenvalue weighted by atomic mass is 10.0. The van der Waals surface area contributed by atoms with Crippen LogP contribution in [-0.2, 0) is 4.79 Å². The van der Waals surface area contributed by atoms with Crippen molar-refractivity contribution in [1.29, 1.82) is 10.5 Å². The highest BCUT2D eigenvalue weighted by Gasteiger charge is 2.50. The summed E-state index contributed by atoms with van der Waals surface area (Å²) in [4.78, 5) is 28.4. The molecule has 0 spiro atoms. The van der Waals surface area contributed by atoms with Gasteiger partial charge in [0.2, 0.25) is 5.91 Å². The minimum absolute atomic E-state index is 0.152. The van der Waals surface area contributed by atoms with Crippen LogP contribution in [0.2, 0.25) is 0 Å². The molecular formula is C23H20FN5O4. The average Bonchev–Trinajstić information content (AvgIpc) is 3.62. The lowest BCUT2D eigenvalue weighted by Gasteiger charge is -2.33. The summed E-state index contributed by atoms with van der Waals surface area (Å²) in [7, 11) is 0. The largest absolute Gasteiger partial charge is 0.486 e. The Kier molecular flexibility index (Phi) is 5.84. The highest BCUT2D eigenvalue weighted by atomic mass is 19.1. The number of likely N-dealkylation sites (tertiary alicyclic amines) is 1. The maximum Gasteiger partial charge on any atom is 0.407 e. The number of benzene rings is 1. The van der Waals surface area contributed by atoms with Crippen LogP contribution in [0.3, 0.4) is 0 Å². The predicted octanol–water partition coefficient (Wildman–Crippen LogP) is 3.33. The highest BCUT2D eigenvalue weighted by molar-refractivity contribution is 5.98. The Hall–Kier alpha value is -4.18. The van der Waals surface area contributed by atoms with Gasteiger partial charge in [0.25, 0.3) is 0 Å². The predicted molar refractivity (Wildman–Crippen MR) is 114 cm³/mol. The van der Waals surface area contributed by atoms with Crippen molar-refractivity contribution in [3.63, 3.8) is 0 Å². The molecule has 1 aromatic heterocycles. The van der Waals surface area contributed by atoms with E-state index in [4.69, 9.17) is 15.1 Å². The standard InChI is InChI=1S/C23H20FN5O4/c24-17-12-29(22(31)32)8-4-19(17)33-18-2-1-14(9-16(18)11-25)15-3-7-27-20(10-15)28-21(30)23(13-26)5-6-23/h1-3,7,9-10,17,19H,4-6,8,12H2,(H,31,32)(H,27,28,30)/t17-,19+/m1/s1. The number of amides is 2. The number of ether oxygens (including phenoxy) is 1. The number of rotatable bonds is 5. The molecule has 2 aromatic rings. The Morgan fingerprint density at radius 1 is 1.24 bits per heavy atom. The molecule has 10 heteroatoms. The molecule has 1 aromatic carbocycles. The fraction of sp³-hybridized carbons (Fsp3) is 0.348. The molecule has 2 fully saturated rings. The van der Waals surface area contributed by atoms with Crippen LogP contribution in [0.1, 0.15) is 24.8 Å². The summed E-state index contributed by atoms with van der Waals surface area (Å²) in [6.07, 6.45) is -0.791. The minimum Gasteiger partial charge on any atom is -0.486 e. The van der Waals surface area contributed by atoms with Crippen LogP contribution >= 0.6 is 0 Å². The first-order valence-corrected chi connectivity index (χ1v) is 10.4. The second kappa shape index (κ2) is 8.75. The molecule has 1 aliphatic carbocycles. The average molecular weight is 449 g/mol. The molecule has 1 aliphatic heterocycles. The van der Waals surface area contributed by atoms with Crippen LogP contribution in [0.4, 0.5) is 15.0 Å². The number of carbonyl (C=O) groups excluding carboxylic acids is 1. The maximum atomic E-state index is 14.4. The first-order valence-electron chi connectivity index (χ1n) is 10.4. The van der Waals surface area contributed by atoms with Gasteiger partial charge in [-0.25, -0.2) is 14.2 Å². The number of hydrogen-bond donors (Lipinski definition) is 2. The molecule has 0 bridgehead atoms. The molecule has 2 heterocycles. The monoisotopic (exact) mass is 449 g/mol. The van der Waals surface area contributed by atoms with Crippen molar-refractivity contribution in [3.05, 3.63) is 42.1 Å². The minimum atomic E-state index is -1.50. The van der Waals surface area contributed by atoms with E-state index in [-0.39, 0.29) is 36.7 Å². The molecule has 2 N–H and O–H groups in total. The molecular weight excluding hydrogens is 429 g/mol. The van der Waals surface area contributed by atoms with E-state index in [0.717, 1.165) is 4.90 Å². The zero-order chi connectivity index (χ0) is 23.6. The van der Waals surface area contributed by atoms with E-state index >= 15 is 0 Å². The van der Waals surface area contributed by atoms with Crippen molar-refractivity contribution in [2.75, 3.05) is 18.4 Å². The van der Waals surface area contributed by atoms with Crippen molar-refractivity contribution >= 4 is 17.8 Å². The summed E-state index contributed by atoms with van der Waals surface area (Å²) < 4.78 is 20.1. The van der Waals surface area contributed by atoms with E-state index in [1.807, 2.05) is 12.1 Å². The topological polar surface area (TPSA) is 139 Å². The number of alkyl halides is 1. The van der Waals surface area contributed by atoms with E-state index in [9.17, 15) is 19.2 Å². The number of nitriles is 2. The Balaban J connectivity index is 1.49. The summed E-state index contributed by atoms with van der Waals surface area (Å²) in [6.45, 7) is -0.127. The van der Waals surface area contributed by atoms with Gasteiger partial charge in [-0.2, -0.15) is 10.5 Å². The Morgan fingerprint density at radius 2 is 2.00 bits per heavy atom. The first-order chi connectivity index (χ1) is 15.8. The van der Waals surface area contributed by atoms with Gasteiger partial charge in [0.15, 0.2) is 6.17 Å². The molecule has 2 atom stereocenters. The van der Waals surface area contributed by atoms with E-state index in [1.54, 1.807) is 30.3 Å². The van der Waals surface area contributed by atoms with Crippen LogP contribution in [0.15, 0.2) is 36.5 Å². The number of nitrogens with one attached hydrogen (secondary N) is 1. The second-order valence-electron chi connectivity index (χ2n) is 8.09. The zero-order valence-electron chi connectivity index (χ0n) is 17.5. The number of piperidine rings is 1. The third-order valence-corrected chi connectivity index (χ3v) is 5.86. The van der Waals surface area contributed by atoms with E-state index in [0.29, 0.717) is 29.8 Å². The molecule has 2 aliphatic rings. The highest BCUT2D eigenvalue weighted by Crippen LogP contribution is 2.45. The zero-order valence-corrected chi connectivity index (χ0v) is 17.5. The third kappa shape index (κ3) is 4.55. The van der Waals surface area contributed by atoms with Gasteiger partial charge in [-0.3, -0.25) is 4.79 Å². The lowest BCUT2D eigenvalue weighted by Crippen LogP contribution is -2.48. The Morgan fingerprint density at radius 3 is 2.64 bits per heavy atom. The summed E-state index contributed by atoms with van der Waals surface area (Å²) >= 11 is 0. The number of aromatic nitrogens is 1. The van der Waals surface area contributed by atoms with Crippen molar-refractivity contribution in [2.45, 2.75) is 31.5 Å². The van der Waals surface area contributed by atoms with Gasteiger partial charge in [-0.1, -0.05) is 6.07 Å². The molecule has 0 unspecified atom stereocenters. The normalized spacial score (nSPS) is 20.8. The molecule has 1 saturated heterocycles. The number of carbonyl (C=O) groups is 2. The molecule has 1 saturated carbocycles. The molecule has 0 radical (unpaired) electrons. The fourth-order valence-electron chi connectivity index (χ4n) is 3.68. The number of hydrogen-bond acceptors (Lipinski definition) is 6. The van der Waals surface area contributed by atoms with Crippen LogP contribution in [0, 0.1) is 28.1 Å². The summed E-state index contributed by atoms with van der Waals surface area (Å²) in [5.74, 6) is 0.124. The number of carboxylic acid groups (broad SMARTS) is 1. The van der Waals surface area contributed by atoms with Gasteiger partial charge in [-0.05, 0) is 48.2 Å². The SMILES string of the molecule is N#Cc1cc(-c2ccnc(NC(=O)C3(C#N)CC3)c2)ccc1O[C@H]1CCN(C(=O)O)C[C@H]1F. The molecule has 4 rings (SSSR count). The van der Waals surface area contributed by atoms with Crippen LogP contribution in [-0.4, -0.2) is 52.4 Å². The van der Waals surface area contributed by atoms with Crippen molar-refractivity contribution < 1.29 is 23.8 Å². The summed E-state index contributed by atoms with van der Waals surface area (Å²) in [5.41, 5.74) is 0.572. The van der Waals surface area contributed by atoms with E-state index in [1.165, 1.54) is 6.20 Å². The van der Waals surface area contributed by atoms with Gasteiger partial charge in [0, 0.05) is 19.2 Å². The summed E-state index contributed by atoms with van der Waals surface area (Å²) in [5, 5.41) is 30.4. The second-order valence-corrected chi connectivity index (χ2v) is 8.09. The van der Waals surface area contributed by atoms with Crippen molar-refractivity contribution in [2.24, 2.45) is 5.41 Å². The van der Waals surface area contributed by atoms with Crippen molar-refractivity contribution in [3.8, 4) is 29.0 Å². The van der Waals surface area contributed by atoms with Gasteiger partial charge in [0.1, 0.15) is 29.2 Å². The number of halogens is 1. The van der Waals surface area contributed by atoms with E-state index < -0.39 is 23.8 Å². The molecule has 168 valence electrons. The van der Waals surface area contributed by atoms with Crippen LogP contribution in [0.25, 0.3) is 11.1 Å². The van der Waals surface area contributed by atoms with Gasteiger partial charge in [-0.15, -0.1) is 0 Å². The van der Waals surface area contributed by atoms with Gasteiger partial charge in [0.05, 0.1) is 18.2 Å². The third-order valence-electron chi connectivity index (χ3n) is 5.86. The van der Waals surface area contributed by atoms with Crippen LogP contribution in [0.5, 0.6) is 5.75 Å². The first kappa shape index (κ1) is 22.0.